The molecule has 8 N–H and O–H groups in total. The molecule has 0 unspecified atom stereocenters. The Labute approximate surface area is 371 Å². The van der Waals surface area contributed by atoms with Crippen LogP contribution in [0, 0.1) is 0 Å². The molecule has 20 heteroatoms. The van der Waals surface area contributed by atoms with Crippen molar-refractivity contribution in [2.75, 3.05) is 90.5 Å². The van der Waals surface area contributed by atoms with Gasteiger partial charge >= 0.3 is 5.97 Å². The normalized spacial score (nSPS) is 14.0. The van der Waals surface area contributed by atoms with Gasteiger partial charge in [0.1, 0.15) is 24.2 Å². The third-order valence-electron chi connectivity index (χ3n) is 11.4. The number of fused-ring (bicyclic) bond motifs is 2. The van der Waals surface area contributed by atoms with Crippen LogP contribution in [0.3, 0.4) is 0 Å². The van der Waals surface area contributed by atoms with Crippen molar-refractivity contribution < 1.29 is 24.9 Å². The van der Waals surface area contributed by atoms with E-state index < -0.39 is 5.97 Å². The first-order valence-electron chi connectivity index (χ1n) is 20.8. The number of aromatic hydroxyl groups is 2. The lowest BCUT2D eigenvalue weighted by Crippen LogP contribution is -2.47. The van der Waals surface area contributed by atoms with E-state index in [1.165, 1.54) is 12.1 Å². The number of hydrogen-bond acceptors (Lipinski definition) is 16. The number of carbonyl (C=O) groups excluding carboxylic acids is 1. The Morgan fingerprint density at radius 1 is 0.508 bits per heavy atom. The van der Waals surface area contributed by atoms with Gasteiger partial charge in [0.05, 0.1) is 5.56 Å². The summed E-state index contributed by atoms with van der Waals surface area (Å²) in [6.45, 7) is 6.06. The van der Waals surface area contributed by atoms with Crippen molar-refractivity contribution in [1.82, 2.24) is 44.4 Å². The summed E-state index contributed by atoms with van der Waals surface area (Å²) in [5.41, 5.74) is 19.1. The molecule has 0 saturated carbocycles. The number of benzene rings is 4. The molecule has 10 rings (SSSR count). The fourth-order valence-electron chi connectivity index (χ4n) is 7.82. The second kappa shape index (κ2) is 17.6. The van der Waals surface area contributed by atoms with Gasteiger partial charge in [0.15, 0.2) is 34.0 Å². The number of rotatable bonds is 8. The van der Waals surface area contributed by atoms with Gasteiger partial charge in [-0.1, -0.05) is 0 Å². The van der Waals surface area contributed by atoms with Gasteiger partial charge in [0, 0.05) is 87.7 Å². The Morgan fingerprint density at radius 3 is 1.23 bits per heavy atom. The summed E-state index contributed by atoms with van der Waals surface area (Å²) in [4.78, 5) is 58.9. The summed E-state index contributed by atoms with van der Waals surface area (Å²) in [5, 5.41) is 30.7. The number of nitrogens with zero attached hydrogens (tertiary/aromatic N) is 12. The molecule has 65 heavy (non-hydrogen) atoms. The number of imidazole rings is 2. The number of nitrogen functional groups attached to an aromatic ring is 2. The van der Waals surface area contributed by atoms with Gasteiger partial charge < -0.3 is 51.7 Å². The average Bonchev–Trinajstić information content (AvgIpc) is 3.98. The predicted molar refractivity (Wildman–Crippen MR) is 248 cm³/mol. The summed E-state index contributed by atoms with van der Waals surface area (Å²) in [5.74, 6) is 1.11. The Balaban J connectivity index is 0.000000164. The third kappa shape index (κ3) is 8.59. The summed E-state index contributed by atoms with van der Waals surface area (Å²) >= 11 is 0. The number of aromatic carboxylic acids is 1. The Morgan fingerprint density at radius 2 is 0.862 bits per heavy atom. The van der Waals surface area contributed by atoms with Gasteiger partial charge in [-0.15, -0.1) is 0 Å². The zero-order valence-electron chi connectivity index (χ0n) is 35.2. The summed E-state index contributed by atoms with van der Waals surface area (Å²) in [6, 6.07) is 28.1. The molecule has 1 amide bonds. The molecule has 4 aromatic heterocycles. The number of aromatic nitrogens is 8. The molecule has 0 aliphatic carbocycles. The number of carbonyl (C=O) groups is 2. The van der Waals surface area contributed by atoms with Crippen LogP contribution in [0.15, 0.2) is 110 Å². The topological polar surface area (TPSA) is 259 Å². The SMILES string of the molecule is CNC(=O)c1ccc(-n2cnc3c(N)nc(N4CCN(c5ccc(O)cc5)CC4)nc32)cc1.Nc1nc(N2CCN(c3ccc(O)cc3)CC2)nc2c1ncn2-c1ccc(C(=O)O)cc1. The van der Waals surface area contributed by atoms with E-state index in [1.807, 2.05) is 41.0 Å². The van der Waals surface area contributed by atoms with Gasteiger partial charge in [-0.3, -0.25) is 13.9 Å². The van der Waals surface area contributed by atoms with E-state index in [2.05, 4.69) is 44.9 Å². The van der Waals surface area contributed by atoms with E-state index in [4.69, 9.17) is 26.5 Å². The van der Waals surface area contributed by atoms with E-state index in [0.717, 1.165) is 62.0 Å². The molecule has 0 bridgehead atoms. The minimum absolute atomic E-state index is 0.141. The first-order valence-corrected chi connectivity index (χ1v) is 20.8. The number of carboxylic acids is 1. The molecule has 4 aromatic carbocycles. The molecule has 6 heterocycles. The van der Waals surface area contributed by atoms with Crippen molar-refractivity contribution in [3.63, 3.8) is 0 Å². The molecule has 2 aliphatic rings. The largest absolute Gasteiger partial charge is 0.508 e. The maximum Gasteiger partial charge on any atom is 0.335 e. The molecule has 20 nitrogen and oxygen atoms in total. The zero-order valence-corrected chi connectivity index (χ0v) is 35.2. The van der Waals surface area contributed by atoms with Crippen LogP contribution in [-0.2, 0) is 0 Å². The van der Waals surface area contributed by atoms with Crippen LogP contribution < -0.4 is 36.4 Å². The Hall–Kier alpha value is -8.68. The van der Waals surface area contributed by atoms with Crippen molar-refractivity contribution in [2.45, 2.75) is 0 Å². The Bertz CT molecular complexity index is 2980. The van der Waals surface area contributed by atoms with Crippen molar-refractivity contribution in [3.05, 3.63) is 121 Å². The third-order valence-corrected chi connectivity index (χ3v) is 11.4. The van der Waals surface area contributed by atoms with Gasteiger partial charge in [-0.25, -0.2) is 14.8 Å². The lowest BCUT2D eigenvalue weighted by molar-refractivity contribution is 0.0696. The molecular weight excluding hydrogens is 831 g/mol. The van der Waals surface area contributed by atoms with Gasteiger partial charge in [0.25, 0.3) is 5.91 Å². The second-order valence-corrected chi connectivity index (χ2v) is 15.4. The van der Waals surface area contributed by atoms with Gasteiger partial charge in [-0.05, 0) is 97.1 Å². The lowest BCUT2D eigenvalue weighted by atomic mass is 10.2. The van der Waals surface area contributed by atoms with Crippen LogP contribution in [0.2, 0.25) is 0 Å². The van der Waals surface area contributed by atoms with Crippen molar-refractivity contribution >= 4 is 69.1 Å². The maximum absolute atomic E-state index is 11.8. The summed E-state index contributed by atoms with van der Waals surface area (Å²) < 4.78 is 3.62. The fourth-order valence-corrected chi connectivity index (χ4v) is 7.82. The first kappa shape index (κ1) is 41.7. The molecule has 330 valence electrons. The number of nitrogens with two attached hydrogens (primary N) is 2. The van der Waals surface area contributed by atoms with Crippen LogP contribution in [0.5, 0.6) is 11.5 Å². The lowest BCUT2D eigenvalue weighted by Gasteiger charge is -2.36. The molecule has 8 aromatic rings. The van der Waals surface area contributed by atoms with Crippen LogP contribution in [0.4, 0.5) is 34.9 Å². The molecule has 2 aliphatic heterocycles. The molecule has 0 spiro atoms. The van der Waals surface area contributed by atoms with E-state index >= 15 is 0 Å². The molecule has 2 fully saturated rings. The van der Waals surface area contributed by atoms with E-state index in [0.29, 0.717) is 64.5 Å². The highest BCUT2D eigenvalue weighted by atomic mass is 16.4. The van der Waals surface area contributed by atoms with Crippen molar-refractivity contribution in [3.8, 4) is 22.9 Å². The molecule has 0 radical (unpaired) electrons. The highest BCUT2D eigenvalue weighted by Gasteiger charge is 2.24. The minimum Gasteiger partial charge on any atom is -0.508 e. The predicted octanol–water partition coefficient (Wildman–Crippen LogP) is 3.92. The smallest absolute Gasteiger partial charge is 0.335 e. The zero-order chi connectivity index (χ0) is 45.2. The van der Waals surface area contributed by atoms with Crippen molar-refractivity contribution in [1.29, 1.82) is 0 Å². The van der Waals surface area contributed by atoms with Gasteiger partial charge in [0.2, 0.25) is 11.9 Å². The number of hydrogen-bond donors (Lipinski definition) is 6. The first-order chi connectivity index (χ1) is 31.5. The molecular formula is C45H45N15O5. The standard InChI is InChI=1S/C23H24N8O2.C22H21N7O3/c1-25-22(33)15-2-4-17(5-3-15)31-14-26-19-20(24)27-23(28-21(19)31)30-12-10-29(11-13-30)16-6-8-18(32)9-7-16;23-19-18-20(29(13-24-18)16-3-1-14(2-4-16)21(31)32)26-22(25-19)28-11-9-27(10-12-28)15-5-7-17(30)8-6-15/h2-9,14,32H,10-13H2,1H3,(H,25,33)(H2,24,27,28);1-8,13,30H,9-12H2,(H,31,32)(H2,23,25,26). The van der Waals surface area contributed by atoms with Crippen molar-refractivity contribution in [2.24, 2.45) is 0 Å². The number of nitrogens with one attached hydrogen (secondary N) is 1. The monoisotopic (exact) mass is 875 g/mol. The van der Waals surface area contributed by atoms with Gasteiger partial charge in [-0.2, -0.15) is 19.9 Å². The highest BCUT2D eigenvalue weighted by Crippen LogP contribution is 2.28. The number of piperazine rings is 2. The summed E-state index contributed by atoms with van der Waals surface area (Å²) in [7, 11) is 1.60. The van der Waals surface area contributed by atoms with Crippen LogP contribution >= 0.6 is 0 Å². The second-order valence-electron chi connectivity index (χ2n) is 15.4. The van der Waals surface area contributed by atoms with Crippen LogP contribution in [-0.4, -0.2) is 126 Å². The quantitative estimate of drug-likeness (QED) is 0.126. The number of anilines is 6. The molecule has 2 saturated heterocycles. The average molecular weight is 876 g/mol. The number of phenols is 2. The number of amides is 1. The van der Waals surface area contributed by atoms with E-state index in [1.54, 1.807) is 72.8 Å². The highest BCUT2D eigenvalue weighted by molar-refractivity contribution is 5.94. The molecule has 0 atom stereocenters. The number of carboxylic acid groups (broad SMARTS) is 1. The van der Waals surface area contributed by atoms with Crippen LogP contribution in [0.1, 0.15) is 20.7 Å². The van der Waals surface area contributed by atoms with E-state index in [-0.39, 0.29) is 23.0 Å². The Kier molecular flexibility index (Phi) is 11.3. The summed E-state index contributed by atoms with van der Waals surface area (Å²) in [6.07, 6.45) is 3.27. The number of phenolic OH excluding ortho intramolecular Hbond substituents is 2. The van der Waals surface area contributed by atoms with E-state index in [9.17, 15) is 19.8 Å². The minimum atomic E-state index is -0.979. The van der Waals surface area contributed by atoms with Crippen LogP contribution in [0.25, 0.3) is 33.7 Å². The maximum atomic E-state index is 11.8. The fraction of sp³-hybridized carbons (Fsp3) is 0.200.